The Kier molecular flexibility index (Phi) is 5.68. The summed E-state index contributed by atoms with van der Waals surface area (Å²) in [5, 5.41) is 10.4. The van der Waals surface area contributed by atoms with Gasteiger partial charge >= 0.3 is 0 Å². The molecule has 0 radical (unpaired) electrons. The van der Waals surface area contributed by atoms with Crippen LogP contribution in [0.4, 0.5) is 5.82 Å². The number of aromatic nitrogens is 2. The van der Waals surface area contributed by atoms with Gasteiger partial charge in [-0.1, -0.05) is 47.1 Å². The highest BCUT2D eigenvalue weighted by Gasteiger charge is 2.20. The zero-order chi connectivity index (χ0) is 18.5. The molecule has 0 aliphatic rings. The maximum Gasteiger partial charge on any atom is 0.266 e. The maximum absolute atomic E-state index is 12.4. The van der Waals surface area contributed by atoms with Gasteiger partial charge in [0.05, 0.1) is 0 Å². The molecule has 0 spiro atoms. The number of halogens is 1. The monoisotopic (exact) mass is 415 g/mol. The molecule has 0 bridgehead atoms. The van der Waals surface area contributed by atoms with Gasteiger partial charge in [0.15, 0.2) is 11.8 Å². The second-order valence-electron chi connectivity index (χ2n) is 5.72. The molecule has 0 fully saturated rings. The standard InChI is InChI=1S/C19H18BrN3O3/c1-3-13-4-10-16(11-5-13)25-12(2)19(24)21-18-17(22-26-23-18)14-6-8-15(20)9-7-14/h4-12H,3H2,1-2H3,(H,21,23,24)/t12-/m0/s1. The first-order valence-electron chi connectivity index (χ1n) is 8.21. The minimum absolute atomic E-state index is 0.258. The summed E-state index contributed by atoms with van der Waals surface area (Å²) in [6, 6.07) is 15.1. The molecule has 3 aromatic rings. The number of rotatable bonds is 6. The fourth-order valence-corrected chi connectivity index (χ4v) is 2.61. The molecule has 1 aromatic heterocycles. The lowest BCUT2D eigenvalue weighted by Gasteiger charge is -2.14. The molecular weight excluding hydrogens is 398 g/mol. The number of amides is 1. The van der Waals surface area contributed by atoms with Gasteiger partial charge in [0.25, 0.3) is 5.91 Å². The molecule has 7 heteroatoms. The van der Waals surface area contributed by atoms with Crippen LogP contribution < -0.4 is 10.1 Å². The van der Waals surface area contributed by atoms with E-state index >= 15 is 0 Å². The summed E-state index contributed by atoms with van der Waals surface area (Å²) in [5.41, 5.74) is 2.46. The largest absolute Gasteiger partial charge is 0.481 e. The predicted octanol–water partition coefficient (Wildman–Crippen LogP) is 4.47. The minimum Gasteiger partial charge on any atom is -0.481 e. The molecule has 2 aromatic carbocycles. The summed E-state index contributed by atoms with van der Waals surface area (Å²) in [4.78, 5) is 12.4. The van der Waals surface area contributed by atoms with Crippen molar-refractivity contribution in [3.05, 3.63) is 58.6 Å². The first-order valence-corrected chi connectivity index (χ1v) is 9.01. The van der Waals surface area contributed by atoms with E-state index < -0.39 is 6.10 Å². The number of anilines is 1. The van der Waals surface area contributed by atoms with Crippen LogP contribution in [0.3, 0.4) is 0 Å². The lowest BCUT2D eigenvalue weighted by Crippen LogP contribution is -2.30. The first-order chi connectivity index (χ1) is 12.6. The molecule has 0 aliphatic heterocycles. The summed E-state index contributed by atoms with van der Waals surface area (Å²) >= 11 is 3.38. The van der Waals surface area contributed by atoms with E-state index in [4.69, 9.17) is 9.37 Å². The van der Waals surface area contributed by atoms with Crippen molar-refractivity contribution in [2.45, 2.75) is 26.4 Å². The quantitative estimate of drug-likeness (QED) is 0.642. The molecule has 26 heavy (non-hydrogen) atoms. The van der Waals surface area contributed by atoms with Gasteiger partial charge in [0.1, 0.15) is 5.75 Å². The highest BCUT2D eigenvalue weighted by atomic mass is 79.9. The SMILES string of the molecule is CCc1ccc(O[C@@H](C)C(=O)Nc2nonc2-c2ccc(Br)cc2)cc1. The highest BCUT2D eigenvalue weighted by Crippen LogP contribution is 2.26. The van der Waals surface area contributed by atoms with Gasteiger partial charge in [-0.05, 0) is 53.5 Å². The van der Waals surface area contributed by atoms with Crippen LogP contribution in [0.5, 0.6) is 5.75 Å². The number of carbonyl (C=O) groups excluding carboxylic acids is 1. The molecular formula is C19H18BrN3O3. The number of nitrogens with one attached hydrogen (secondary N) is 1. The van der Waals surface area contributed by atoms with Crippen molar-refractivity contribution >= 4 is 27.7 Å². The molecule has 0 aliphatic carbocycles. The molecule has 1 heterocycles. The van der Waals surface area contributed by atoms with E-state index in [-0.39, 0.29) is 11.7 Å². The Morgan fingerprint density at radius 3 is 2.50 bits per heavy atom. The summed E-state index contributed by atoms with van der Waals surface area (Å²) < 4.78 is 11.4. The summed E-state index contributed by atoms with van der Waals surface area (Å²) in [5.74, 6) is 0.559. The normalized spacial score (nSPS) is 11.8. The molecule has 1 amide bonds. The lowest BCUT2D eigenvalue weighted by molar-refractivity contribution is -0.122. The number of ether oxygens (including phenoxy) is 1. The third-order valence-corrected chi connectivity index (χ3v) is 4.39. The summed E-state index contributed by atoms with van der Waals surface area (Å²) in [6.07, 6.45) is 0.255. The Labute approximate surface area is 159 Å². The average molecular weight is 416 g/mol. The van der Waals surface area contributed by atoms with Crippen molar-refractivity contribution in [3.63, 3.8) is 0 Å². The van der Waals surface area contributed by atoms with Crippen molar-refractivity contribution in [2.75, 3.05) is 5.32 Å². The third kappa shape index (κ3) is 4.29. The van der Waals surface area contributed by atoms with Crippen LogP contribution in [0.1, 0.15) is 19.4 Å². The van der Waals surface area contributed by atoms with E-state index in [1.165, 1.54) is 5.56 Å². The first kappa shape index (κ1) is 18.1. The Hall–Kier alpha value is -2.67. The molecule has 3 rings (SSSR count). The summed E-state index contributed by atoms with van der Waals surface area (Å²) in [7, 11) is 0. The van der Waals surface area contributed by atoms with E-state index in [0.717, 1.165) is 16.5 Å². The van der Waals surface area contributed by atoms with Crippen molar-refractivity contribution < 1.29 is 14.2 Å². The number of aryl methyl sites for hydroxylation is 1. The molecule has 0 saturated carbocycles. The van der Waals surface area contributed by atoms with Gasteiger partial charge in [-0.25, -0.2) is 4.63 Å². The van der Waals surface area contributed by atoms with E-state index in [0.29, 0.717) is 11.4 Å². The van der Waals surface area contributed by atoms with E-state index in [1.807, 2.05) is 48.5 Å². The second kappa shape index (κ2) is 8.14. The number of hydrogen-bond acceptors (Lipinski definition) is 5. The lowest BCUT2D eigenvalue weighted by atomic mass is 10.1. The smallest absolute Gasteiger partial charge is 0.266 e. The topological polar surface area (TPSA) is 77.2 Å². The van der Waals surface area contributed by atoms with Crippen LogP contribution in [0, 0.1) is 0 Å². The number of hydrogen-bond donors (Lipinski definition) is 1. The third-order valence-electron chi connectivity index (χ3n) is 3.86. The molecule has 1 atom stereocenters. The predicted molar refractivity (Wildman–Crippen MR) is 102 cm³/mol. The van der Waals surface area contributed by atoms with Crippen LogP contribution in [0.2, 0.25) is 0 Å². The Balaban J connectivity index is 1.67. The van der Waals surface area contributed by atoms with Gasteiger partial charge in [0, 0.05) is 10.0 Å². The minimum atomic E-state index is -0.697. The zero-order valence-corrected chi connectivity index (χ0v) is 16.0. The molecule has 1 N–H and O–H groups in total. The van der Waals surface area contributed by atoms with Gasteiger partial charge < -0.3 is 10.1 Å². The fourth-order valence-electron chi connectivity index (χ4n) is 2.35. The highest BCUT2D eigenvalue weighted by molar-refractivity contribution is 9.10. The zero-order valence-electron chi connectivity index (χ0n) is 14.4. The van der Waals surface area contributed by atoms with Crippen LogP contribution in [-0.4, -0.2) is 22.3 Å². The number of benzene rings is 2. The van der Waals surface area contributed by atoms with Crippen LogP contribution in [0.15, 0.2) is 57.6 Å². The van der Waals surface area contributed by atoms with Gasteiger partial charge in [0.2, 0.25) is 5.82 Å². The van der Waals surface area contributed by atoms with Crippen LogP contribution >= 0.6 is 15.9 Å². The van der Waals surface area contributed by atoms with E-state index in [1.54, 1.807) is 6.92 Å². The summed E-state index contributed by atoms with van der Waals surface area (Å²) in [6.45, 7) is 3.76. The Morgan fingerprint density at radius 1 is 1.15 bits per heavy atom. The molecule has 0 saturated heterocycles. The molecule has 6 nitrogen and oxygen atoms in total. The van der Waals surface area contributed by atoms with Gasteiger partial charge in [-0.2, -0.15) is 0 Å². The van der Waals surface area contributed by atoms with E-state index in [9.17, 15) is 4.79 Å². The molecule has 0 unspecified atom stereocenters. The van der Waals surface area contributed by atoms with Crippen molar-refractivity contribution in [1.82, 2.24) is 10.3 Å². The number of nitrogens with zero attached hydrogens (tertiary/aromatic N) is 2. The van der Waals surface area contributed by atoms with Gasteiger partial charge in [-0.3, -0.25) is 4.79 Å². The fraction of sp³-hybridized carbons (Fsp3) is 0.211. The average Bonchev–Trinajstić information content (AvgIpc) is 3.11. The van der Waals surface area contributed by atoms with Gasteiger partial charge in [-0.15, -0.1) is 0 Å². The Bertz CT molecular complexity index is 876. The van der Waals surface area contributed by atoms with Crippen LogP contribution in [0.25, 0.3) is 11.3 Å². The molecule has 134 valence electrons. The van der Waals surface area contributed by atoms with Crippen molar-refractivity contribution in [2.24, 2.45) is 0 Å². The number of carbonyl (C=O) groups is 1. The van der Waals surface area contributed by atoms with Crippen molar-refractivity contribution in [1.29, 1.82) is 0 Å². The Morgan fingerprint density at radius 2 is 1.85 bits per heavy atom. The van der Waals surface area contributed by atoms with E-state index in [2.05, 4.69) is 38.5 Å². The second-order valence-corrected chi connectivity index (χ2v) is 6.63. The van der Waals surface area contributed by atoms with Crippen molar-refractivity contribution in [3.8, 4) is 17.0 Å². The maximum atomic E-state index is 12.4. The van der Waals surface area contributed by atoms with Crippen LogP contribution in [-0.2, 0) is 11.2 Å².